The van der Waals surface area contributed by atoms with Crippen molar-refractivity contribution in [1.82, 2.24) is 9.55 Å². The Morgan fingerprint density at radius 2 is 2.04 bits per heavy atom. The molecular weight excluding hydrogens is 395 g/mol. The lowest BCUT2D eigenvalue weighted by molar-refractivity contribution is 0.0695. The van der Waals surface area contributed by atoms with E-state index in [0.717, 1.165) is 5.01 Å². The van der Waals surface area contributed by atoms with E-state index in [0.29, 0.717) is 40.0 Å². The number of nitrogens with zero attached hydrogens (tertiary/aromatic N) is 2. The molecule has 0 aliphatic rings. The summed E-state index contributed by atoms with van der Waals surface area (Å²) in [4.78, 5) is 28.6. The van der Waals surface area contributed by atoms with Crippen LogP contribution in [-0.2, 0) is 13.0 Å². The van der Waals surface area contributed by atoms with Gasteiger partial charge in [-0.1, -0.05) is 29.3 Å². The Hall–Kier alpha value is -2.15. The van der Waals surface area contributed by atoms with E-state index in [-0.39, 0.29) is 5.56 Å². The minimum atomic E-state index is -1.28. The smallest absolute Gasteiger partial charge is 0.341 e. The van der Waals surface area contributed by atoms with Crippen molar-refractivity contribution in [3.8, 4) is 11.3 Å². The van der Waals surface area contributed by atoms with Gasteiger partial charge in [0.1, 0.15) is 5.56 Å². The first-order valence-electron chi connectivity index (χ1n) is 7.76. The van der Waals surface area contributed by atoms with Gasteiger partial charge in [-0.3, -0.25) is 4.79 Å². The third kappa shape index (κ3) is 3.53. The zero-order chi connectivity index (χ0) is 18.8. The predicted molar refractivity (Wildman–Crippen MR) is 104 cm³/mol. The normalized spacial score (nSPS) is 10.9. The summed E-state index contributed by atoms with van der Waals surface area (Å²) in [6.45, 7) is 2.37. The van der Waals surface area contributed by atoms with E-state index in [1.54, 1.807) is 24.4 Å². The van der Waals surface area contributed by atoms with Crippen molar-refractivity contribution in [3.05, 3.63) is 72.4 Å². The lowest BCUT2D eigenvalue weighted by Crippen LogP contribution is -2.23. The Labute approximate surface area is 163 Å². The second-order valence-electron chi connectivity index (χ2n) is 5.50. The molecule has 0 unspecified atom stereocenters. The maximum atomic E-state index is 12.6. The van der Waals surface area contributed by atoms with Crippen LogP contribution in [0.15, 0.2) is 40.6 Å². The van der Waals surface area contributed by atoms with Crippen molar-refractivity contribution < 1.29 is 9.90 Å². The number of aromatic nitrogens is 2. The molecule has 0 spiro atoms. The van der Waals surface area contributed by atoms with Crippen LogP contribution >= 0.6 is 34.5 Å². The summed E-state index contributed by atoms with van der Waals surface area (Å²) in [5.74, 6) is -1.28. The van der Waals surface area contributed by atoms with Crippen molar-refractivity contribution in [1.29, 1.82) is 0 Å². The standard InChI is InChI=1S/C18H14Cl2N2O3S/c1-2-22-11(9-15-21-5-6-26-15)8-14(23)16(18(24)25)17(22)10-3-4-12(19)13(20)7-10/h3-8H,2,9H2,1H3,(H,24,25). The number of rotatable bonds is 5. The zero-order valence-electron chi connectivity index (χ0n) is 13.7. The van der Waals surface area contributed by atoms with E-state index in [1.165, 1.54) is 17.4 Å². The maximum Gasteiger partial charge on any atom is 0.341 e. The first-order chi connectivity index (χ1) is 12.4. The quantitative estimate of drug-likeness (QED) is 0.669. The monoisotopic (exact) mass is 408 g/mol. The van der Waals surface area contributed by atoms with E-state index >= 15 is 0 Å². The summed E-state index contributed by atoms with van der Waals surface area (Å²) in [7, 11) is 0. The maximum absolute atomic E-state index is 12.6. The van der Waals surface area contributed by atoms with Crippen LogP contribution in [0.2, 0.25) is 10.0 Å². The first-order valence-corrected chi connectivity index (χ1v) is 9.39. The fourth-order valence-corrected chi connectivity index (χ4v) is 3.78. The molecule has 3 aromatic rings. The highest BCUT2D eigenvalue weighted by molar-refractivity contribution is 7.09. The molecule has 0 aliphatic carbocycles. The number of hydrogen-bond donors (Lipinski definition) is 1. The summed E-state index contributed by atoms with van der Waals surface area (Å²) < 4.78 is 1.81. The SMILES string of the molecule is CCn1c(Cc2nccs2)cc(=O)c(C(=O)O)c1-c1ccc(Cl)c(Cl)c1. The number of pyridine rings is 1. The lowest BCUT2D eigenvalue weighted by atomic mass is 10.0. The Bertz CT molecular complexity index is 1030. The molecule has 1 N–H and O–H groups in total. The second kappa shape index (κ2) is 7.61. The summed E-state index contributed by atoms with van der Waals surface area (Å²) in [5, 5.41) is 13.0. The molecule has 5 nitrogen and oxygen atoms in total. The number of benzene rings is 1. The summed E-state index contributed by atoms with van der Waals surface area (Å²) in [6.07, 6.45) is 2.13. The molecular formula is C18H14Cl2N2O3S. The summed E-state index contributed by atoms with van der Waals surface area (Å²) in [5.41, 5.74) is 0.704. The largest absolute Gasteiger partial charge is 0.477 e. The van der Waals surface area contributed by atoms with Gasteiger partial charge in [0, 0.05) is 41.9 Å². The van der Waals surface area contributed by atoms with Crippen molar-refractivity contribution in [3.63, 3.8) is 0 Å². The third-order valence-electron chi connectivity index (χ3n) is 3.94. The number of carbonyl (C=O) groups is 1. The zero-order valence-corrected chi connectivity index (χ0v) is 16.0. The third-order valence-corrected chi connectivity index (χ3v) is 5.46. The van der Waals surface area contributed by atoms with Gasteiger partial charge in [-0.2, -0.15) is 0 Å². The van der Waals surface area contributed by atoms with E-state index in [1.807, 2.05) is 16.9 Å². The molecule has 0 atom stereocenters. The highest BCUT2D eigenvalue weighted by Gasteiger charge is 2.22. The molecule has 8 heteroatoms. The van der Waals surface area contributed by atoms with Crippen LogP contribution in [-0.4, -0.2) is 20.6 Å². The van der Waals surface area contributed by atoms with Crippen molar-refractivity contribution in [2.45, 2.75) is 19.9 Å². The van der Waals surface area contributed by atoms with Gasteiger partial charge >= 0.3 is 5.97 Å². The van der Waals surface area contributed by atoms with Crippen LogP contribution in [0.4, 0.5) is 0 Å². The molecule has 0 saturated carbocycles. The first kappa shape index (κ1) is 18.6. The molecule has 0 amide bonds. The van der Waals surface area contributed by atoms with Crippen LogP contribution in [0.5, 0.6) is 0 Å². The number of thiazole rings is 1. The lowest BCUT2D eigenvalue weighted by Gasteiger charge is -2.19. The molecule has 2 aromatic heterocycles. The van der Waals surface area contributed by atoms with Gasteiger partial charge in [0.25, 0.3) is 0 Å². The van der Waals surface area contributed by atoms with E-state index in [9.17, 15) is 14.7 Å². The van der Waals surface area contributed by atoms with E-state index in [4.69, 9.17) is 23.2 Å². The van der Waals surface area contributed by atoms with Gasteiger partial charge in [-0.15, -0.1) is 11.3 Å². The van der Waals surface area contributed by atoms with E-state index in [2.05, 4.69) is 4.98 Å². The molecule has 134 valence electrons. The molecule has 3 rings (SSSR count). The second-order valence-corrected chi connectivity index (χ2v) is 7.30. The van der Waals surface area contributed by atoms with Crippen molar-refractivity contribution in [2.24, 2.45) is 0 Å². The van der Waals surface area contributed by atoms with Crippen molar-refractivity contribution in [2.75, 3.05) is 0 Å². The van der Waals surface area contributed by atoms with Crippen LogP contribution in [0, 0.1) is 0 Å². The average Bonchev–Trinajstić information content (AvgIpc) is 3.09. The molecule has 0 bridgehead atoms. The molecule has 26 heavy (non-hydrogen) atoms. The van der Waals surface area contributed by atoms with Crippen molar-refractivity contribution >= 4 is 40.5 Å². The minimum absolute atomic E-state index is 0.284. The number of aromatic carboxylic acids is 1. The van der Waals surface area contributed by atoms with Gasteiger partial charge in [0.2, 0.25) is 0 Å². The Kier molecular flexibility index (Phi) is 5.46. The van der Waals surface area contributed by atoms with Gasteiger partial charge in [0.05, 0.1) is 20.7 Å². The summed E-state index contributed by atoms with van der Waals surface area (Å²) in [6, 6.07) is 6.19. The summed E-state index contributed by atoms with van der Waals surface area (Å²) >= 11 is 13.6. The van der Waals surface area contributed by atoms with Gasteiger partial charge < -0.3 is 9.67 Å². The molecule has 0 radical (unpaired) electrons. The Morgan fingerprint density at radius 1 is 1.27 bits per heavy atom. The van der Waals surface area contributed by atoms with Crippen LogP contribution in [0.25, 0.3) is 11.3 Å². The average molecular weight is 409 g/mol. The highest BCUT2D eigenvalue weighted by Crippen LogP contribution is 2.31. The van der Waals surface area contributed by atoms with Crippen LogP contribution in [0.3, 0.4) is 0 Å². The molecule has 1 aromatic carbocycles. The highest BCUT2D eigenvalue weighted by atomic mass is 35.5. The van der Waals surface area contributed by atoms with Gasteiger partial charge in [-0.05, 0) is 19.1 Å². The fourth-order valence-electron chi connectivity index (χ4n) is 2.85. The molecule has 0 saturated heterocycles. The number of hydrogen-bond acceptors (Lipinski definition) is 4. The topological polar surface area (TPSA) is 72.2 Å². The molecule has 2 heterocycles. The number of halogens is 2. The Balaban J connectivity index is 2.31. The van der Waals surface area contributed by atoms with Crippen LogP contribution in [0.1, 0.15) is 28.0 Å². The minimum Gasteiger partial charge on any atom is -0.477 e. The van der Waals surface area contributed by atoms with Gasteiger partial charge in [0.15, 0.2) is 5.43 Å². The fraction of sp³-hybridized carbons (Fsp3) is 0.167. The Morgan fingerprint density at radius 3 is 2.62 bits per heavy atom. The molecule has 0 aliphatic heterocycles. The van der Waals surface area contributed by atoms with E-state index < -0.39 is 11.4 Å². The molecule has 0 fully saturated rings. The number of carboxylic acids is 1. The van der Waals surface area contributed by atoms with Crippen LogP contribution < -0.4 is 5.43 Å². The predicted octanol–water partition coefficient (Wildman–Crippen LogP) is 4.59. The number of carboxylic acid groups (broad SMARTS) is 1. The van der Waals surface area contributed by atoms with Gasteiger partial charge in [-0.25, -0.2) is 9.78 Å².